The summed E-state index contributed by atoms with van der Waals surface area (Å²) in [5.74, 6) is -1.75. The van der Waals surface area contributed by atoms with E-state index in [0.29, 0.717) is 16.9 Å². The molecular weight excluding hydrogens is 306 g/mol. The van der Waals surface area contributed by atoms with Gasteiger partial charge < -0.3 is 14.8 Å². The van der Waals surface area contributed by atoms with Crippen LogP contribution in [-0.4, -0.2) is 29.0 Å². The summed E-state index contributed by atoms with van der Waals surface area (Å²) >= 11 is 0. The molecule has 3 aromatic rings. The Hall–Kier alpha value is -3.08. The Bertz CT molecular complexity index is 897. The van der Waals surface area contributed by atoms with Crippen molar-refractivity contribution in [2.45, 2.75) is 12.3 Å². The van der Waals surface area contributed by atoms with Crippen LogP contribution in [0.3, 0.4) is 0 Å². The van der Waals surface area contributed by atoms with Gasteiger partial charge >= 0.3 is 5.97 Å². The second-order valence-electron chi connectivity index (χ2n) is 5.51. The van der Waals surface area contributed by atoms with Gasteiger partial charge in [0.05, 0.1) is 18.6 Å². The largest absolute Gasteiger partial charge is 0.496 e. The molecule has 2 aromatic carbocycles. The number of benzene rings is 2. The van der Waals surface area contributed by atoms with Crippen LogP contribution in [0, 0.1) is 0 Å². The Morgan fingerprint density at radius 1 is 1.12 bits per heavy atom. The molecule has 0 spiro atoms. The highest BCUT2D eigenvalue weighted by Gasteiger charge is 2.27. The van der Waals surface area contributed by atoms with Crippen molar-refractivity contribution < 1.29 is 19.4 Å². The van der Waals surface area contributed by atoms with Gasteiger partial charge in [0.15, 0.2) is 5.78 Å². The van der Waals surface area contributed by atoms with Crippen LogP contribution in [0.2, 0.25) is 0 Å². The van der Waals surface area contributed by atoms with Crippen LogP contribution in [-0.2, 0) is 4.79 Å². The number of ether oxygens (including phenoxy) is 1. The van der Waals surface area contributed by atoms with Gasteiger partial charge in [-0.05, 0) is 23.8 Å². The molecule has 0 amide bonds. The molecule has 0 saturated heterocycles. The number of methoxy groups -OCH3 is 1. The molecule has 0 aliphatic carbocycles. The minimum atomic E-state index is -1.02. The molecule has 1 atom stereocenters. The number of Topliss-reactive ketones (excluding diaryl/α,β-unsaturated/α-hetero) is 1. The van der Waals surface area contributed by atoms with Crippen molar-refractivity contribution >= 4 is 22.7 Å². The van der Waals surface area contributed by atoms with E-state index in [9.17, 15) is 14.7 Å². The van der Waals surface area contributed by atoms with Crippen molar-refractivity contribution in [3.8, 4) is 5.75 Å². The van der Waals surface area contributed by atoms with Crippen molar-refractivity contribution in [3.63, 3.8) is 0 Å². The quantitative estimate of drug-likeness (QED) is 0.679. The molecule has 122 valence electrons. The molecule has 1 unspecified atom stereocenters. The summed E-state index contributed by atoms with van der Waals surface area (Å²) in [6.45, 7) is 0. The third-order valence-corrected chi connectivity index (χ3v) is 4.09. The van der Waals surface area contributed by atoms with Crippen LogP contribution in [0.5, 0.6) is 5.75 Å². The van der Waals surface area contributed by atoms with Crippen molar-refractivity contribution in [2.24, 2.45) is 0 Å². The van der Waals surface area contributed by atoms with Gasteiger partial charge in [-0.25, -0.2) is 0 Å². The number of fused-ring (bicyclic) bond motifs is 1. The molecule has 3 rings (SSSR count). The second kappa shape index (κ2) is 6.58. The number of hydrogen-bond donors (Lipinski definition) is 2. The SMILES string of the molecule is COc1ccccc1C(=O)CC(C(=O)O)c1c[nH]c2ccccc12. The number of aromatic amines is 1. The lowest BCUT2D eigenvalue weighted by Crippen LogP contribution is -2.16. The maximum Gasteiger partial charge on any atom is 0.311 e. The van der Waals surface area contributed by atoms with Crippen molar-refractivity contribution in [1.29, 1.82) is 0 Å². The number of ketones is 1. The first-order valence-electron chi connectivity index (χ1n) is 7.57. The second-order valence-corrected chi connectivity index (χ2v) is 5.51. The van der Waals surface area contributed by atoms with Gasteiger partial charge in [-0.1, -0.05) is 30.3 Å². The Labute approximate surface area is 138 Å². The van der Waals surface area contributed by atoms with Crippen LogP contribution >= 0.6 is 0 Å². The van der Waals surface area contributed by atoms with E-state index in [-0.39, 0.29) is 12.2 Å². The Morgan fingerprint density at radius 2 is 1.83 bits per heavy atom. The zero-order valence-electron chi connectivity index (χ0n) is 13.2. The first-order valence-corrected chi connectivity index (χ1v) is 7.57. The predicted molar refractivity (Wildman–Crippen MR) is 90.6 cm³/mol. The van der Waals surface area contributed by atoms with E-state index < -0.39 is 11.9 Å². The molecule has 0 fully saturated rings. The molecule has 2 N–H and O–H groups in total. The van der Waals surface area contributed by atoms with E-state index in [1.165, 1.54) is 7.11 Å². The topological polar surface area (TPSA) is 79.4 Å². The number of aliphatic carboxylic acids is 1. The third kappa shape index (κ3) is 2.88. The normalized spacial score (nSPS) is 12.0. The number of H-pyrrole nitrogens is 1. The van der Waals surface area contributed by atoms with Gasteiger partial charge in [0.25, 0.3) is 0 Å². The number of nitrogens with one attached hydrogen (secondary N) is 1. The minimum Gasteiger partial charge on any atom is -0.496 e. The molecule has 0 aliphatic rings. The highest BCUT2D eigenvalue weighted by atomic mass is 16.5. The van der Waals surface area contributed by atoms with Crippen LogP contribution in [0.1, 0.15) is 28.3 Å². The number of carboxylic acids is 1. The summed E-state index contributed by atoms with van der Waals surface area (Å²) in [6, 6.07) is 14.3. The summed E-state index contributed by atoms with van der Waals surface area (Å²) in [7, 11) is 1.49. The summed E-state index contributed by atoms with van der Waals surface area (Å²) in [6.07, 6.45) is 1.54. The van der Waals surface area contributed by atoms with Gasteiger partial charge in [0.1, 0.15) is 5.75 Å². The number of carbonyl (C=O) groups is 2. The van der Waals surface area contributed by atoms with Gasteiger partial charge in [-0.15, -0.1) is 0 Å². The van der Waals surface area contributed by atoms with Crippen LogP contribution in [0.25, 0.3) is 10.9 Å². The van der Waals surface area contributed by atoms with Gasteiger partial charge in [0, 0.05) is 23.5 Å². The fraction of sp³-hybridized carbons (Fsp3) is 0.158. The van der Waals surface area contributed by atoms with E-state index in [2.05, 4.69) is 4.98 Å². The molecule has 0 radical (unpaired) electrons. The first kappa shape index (κ1) is 15.8. The van der Waals surface area contributed by atoms with Crippen molar-refractivity contribution in [3.05, 3.63) is 65.9 Å². The lowest BCUT2D eigenvalue weighted by atomic mass is 9.91. The summed E-state index contributed by atoms with van der Waals surface area (Å²) in [5.41, 5.74) is 1.86. The van der Waals surface area contributed by atoms with Gasteiger partial charge in [0.2, 0.25) is 0 Å². The molecule has 1 heterocycles. The number of hydrogen-bond acceptors (Lipinski definition) is 3. The molecule has 5 nitrogen and oxygen atoms in total. The molecule has 1 aromatic heterocycles. The molecule has 0 aliphatic heterocycles. The summed E-state index contributed by atoms with van der Waals surface area (Å²) in [4.78, 5) is 27.4. The average molecular weight is 323 g/mol. The zero-order valence-corrected chi connectivity index (χ0v) is 13.2. The minimum absolute atomic E-state index is 0.127. The van der Waals surface area contributed by atoms with Crippen LogP contribution < -0.4 is 4.74 Å². The van der Waals surface area contributed by atoms with Gasteiger partial charge in [-0.3, -0.25) is 9.59 Å². The summed E-state index contributed by atoms with van der Waals surface area (Å²) < 4.78 is 5.20. The van der Waals surface area contributed by atoms with E-state index in [4.69, 9.17) is 4.74 Å². The fourth-order valence-corrected chi connectivity index (χ4v) is 2.88. The molecule has 24 heavy (non-hydrogen) atoms. The maximum atomic E-state index is 12.6. The highest BCUT2D eigenvalue weighted by Crippen LogP contribution is 2.30. The third-order valence-electron chi connectivity index (χ3n) is 4.09. The molecule has 0 bridgehead atoms. The Kier molecular flexibility index (Phi) is 4.33. The first-order chi connectivity index (χ1) is 11.6. The van der Waals surface area contributed by atoms with Gasteiger partial charge in [-0.2, -0.15) is 0 Å². The Morgan fingerprint density at radius 3 is 2.58 bits per heavy atom. The number of carbonyl (C=O) groups excluding carboxylic acids is 1. The average Bonchev–Trinajstić information content (AvgIpc) is 3.03. The lowest BCUT2D eigenvalue weighted by Gasteiger charge is -2.13. The Balaban J connectivity index is 1.95. The van der Waals surface area contributed by atoms with Crippen molar-refractivity contribution in [1.82, 2.24) is 4.98 Å². The molecular formula is C19H17NO4. The number of para-hydroxylation sites is 2. The number of aromatic nitrogens is 1. The zero-order chi connectivity index (χ0) is 17.1. The van der Waals surface area contributed by atoms with E-state index in [0.717, 1.165) is 10.9 Å². The molecule has 0 saturated carbocycles. The van der Waals surface area contributed by atoms with E-state index >= 15 is 0 Å². The van der Waals surface area contributed by atoms with Crippen molar-refractivity contribution in [2.75, 3.05) is 7.11 Å². The fourth-order valence-electron chi connectivity index (χ4n) is 2.88. The smallest absolute Gasteiger partial charge is 0.311 e. The lowest BCUT2D eigenvalue weighted by molar-refractivity contribution is -0.138. The van der Waals surface area contributed by atoms with Crippen LogP contribution in [0.4, 0.5) is 0 Å². The highest BCUT2D eigenvalue weighted by molar-refractivity contribution is 6.02. The standard InChI is InChI=1S/C19H17NO4/c1-24-18-9-5-3-7-13(18)17(21)10-14(19(22)23)15-11-20-16-8-4-2-6-12(15)16/h2-9,11,14,20H,10H2,1H3,(H,22,23). The van der Waals surface area contributed by atoms with E-state index in [1.807, 2.05) is 24.3 Å². The maximum absolute atomic E-state index is 12.6. The summed E-state index contributed by atoms with van der Waals surface area (Å²) in [5, 5.41) is 10.4. The molecule has 5 heteroatoms. The van der Waals surface area contributed by atoms with Crippen LogP contribution in [0.15, 0.2) is 54.7 Å². The predicted octanol–water partition coefficient (Wildman–Crippen LogP) is 3.62. The monoisotopic (exact) mass is 323 g/mol. The number of carboxylic acid groups (broad SMARTS) is 1. The van der Waals surface area contributed by atoms with E-state index in [1.54, 1.807) is 30.5 Å². The number of rotatable bonds is 6.